The van der Waals surface area contributed by atoms with Gasteiger partial charge in [-0.25, -0.2) is 24.0 Å². The van der Waals surface area contributed by atoms with Gasteiger partial charge >= 0.3 is 0 Å². The molecule has 1 aliphatic rings. The molecule has 0 saturated carbocycles. The van der Waals surface area contributed by atoms with Gasteiger partial charge in [0.2, 0.25) is 5.91 Å². The molecule has 1 N–H and O–H groups in total. The maximum absolute atomic E-state index is 13.0. The van der Waals surface area contributed by atoms with Crippen LogP contribution in [0.2, 0.25) is 0 Å². The summed E-state index contributed by atoms with van der Waals surface area (Å²) in [6.07, 6.45) is 6.24. The zero-order valence-electron chi connectivity index (χ0n) is 15.2. The van der Waals surface area contributed by atoms with Crippen LogP contribution in [0.4, 0.5) is 10.2 Å². The molecule has 8 nitrogen and oxygen atoms in total. The topological polar surface area (TPSA) is 88.8 Å². The lowest BCUT2D eigenvalue weighted by Gasteiger charge is -2.32. The van der Waals surface area contributed by atoms with Crippen LogP contribution in [0.1, 0.15) is 18.4 Å². The van der Waals surface area contributed by atoms with Gasteiger partial charge in [0.25, 0.3) is 0 Å². The van der Waals surface area contributed by atoms with Gasteiger partial charge in [-0.3, -0.25) is 4.79 Å². The predicted octanol–water partition coefficient (Wildman–Crippen LogP) is 1.73. The fourth-order valence-electron chi connectivity index (χ4n) is 3.30. The fourth-order valence-corrected chi connectivity index (χ4v) is 3.30. The second-order valence-corrected chi connectivity index (χ2v) is 6.70. The van der Waals surface area contributed by atoms with Crippen molar-refractivity contribution in [2.45, 2.75) is 19.4 Å². The predicted molar refractivity (Wildman–Crippen MR) is 100 cm³/mol. The lowest BCUT2D eigenvalue weighted by Crippen LogP contribution is -2.43. The molecule has 28 heavy (non-hydrogen) atoms. The molecule has 1 aliphatic heterocycles. The van der Waals surface area contributed by atoms with Crippen LogP contribution in [0.15, 0.2) is 49.3 Å². The molecule has 0 spiro atoms. The number of aromatic nitrogens is 5. The van der Waals surface area contributed by atoms with Crippen LogP contribution in [-0.2, 0) is 11.3 Å². The highest BCUT2D eigenvalue weighted by molar-refractivity contribution is 5.79. The molecule has 1 atom stereocenters. The van der Waals surface area contributed by atoms with Gasteiger partial charge in [0.05, 0.1) is 5.92 Å². The van der Waals surface area contributed by atoms with Crippen LogP contribution in [0.25, 0.3) is 5.82 Å². The smallest absolute Gasteiger partial charge is 0.225 e. The number of nitrogens with zero attached hydrogens (tertiary/aromatic N) is 6. The van der Waals surface area contributed by atoms with Crippen molar-refractivity contribution in [3.63, 3.8) is 0 Å². The van der Waals surface area contributed by atoms with E-state index in [1.54, 1.807) is 23.1 Å². The Bertz CT molecular complexity index is 930. The van der Waals surface area contributed by atoms with Gasteiger partial charge in [0.1, 0.15) is 30.6 Å². The zero-order chi connectivity index (χ0) is 19.3. The maximum atomic E-state index is 13.0. The molecule has 144 valence electrons. The van der Waals surface area contributed by atoms with E-state index in [2.05, 4.69) is 30.3 Å². The van der Waals surface area contributed by atoms with Crippen LogP contribution >= 0.6 is 0 Å². The molecule has 1 fully saturated rings. The Labute approximate surface area is 161 Å². The van der Waals surface area contributed by atoms with Crippen LogP contribution in [0.3, 0.4) is 0 Å². The molecular weight excluding hydrogens is 361 g/mol. The molecule has 1 saturated heterocycles. The first-order valence-electron chi connectivity index (χ1n) is 9.13. The first-order valence-corrected chi connectivity index (χ1v) is 9.13. The van der Waals surface area contributed by atoms with E-state index in [0.717, 1.165) is 30.8 Å². The summed E-state index contributed by atoms with van der Waals surface area (Å²) in [5, 5.41) is 7.03. The first-order chi connectivity index (χ1) is 13.7. The number of benzene rings is 1. The van der Waals surface area contributed by atoms with E-state index in [9.17, 15) is 9.18 Å². The molecule has 0 bridgehead atoms. The van der Waals surface area contributed by atoms with E-state index in [4.69, 9.17) is 0 Å². The van der Waals surface area contributed by atoms with Crippen molar-refractivity contribution in [2.75, 3.05) is 18.0 Å². The van der Waals surface area contributed by atoms with Crippen molar-refractivity contribution in [3.05, 3.63) is 60.7 Å². The second-order valence-electron chi connectivity index (χ2n) is 6.70. The molecule has 1 unspecified atom stereocenters. The molecule has 9 heteroatoms. The quantitative estimate of drug-likeness (QED) is 0.724. The number of nitrogens with one attached hydrogen (secondary N) is 1. The average Bonchev–Trinajstić information content (AvgIpc) is 3.28. The average molecular weight is 381 g/mol. The van der Waals surface area contributed by atoms with E-state index in [-0.39, 0.29) is 17.6 Å². The molecule has 3 heterocycles. The van der Waals surface area contributed by atoms with Crippen LogP contribution in [-0.4, -0.2) is 43.7 Å². The van der Waals surface area contributed by atoms with Crippen LogP contribution in [0.5, 0.6) is 0 Å². The molecule has 3 aromatic rings. The molecular formula is C19H20FN7O. The van der Waals surface area contributed by atoms with Gasteiger partial charge < -0.3 is 10.2 Å². The highest BCUT2D eigenvalue weighted by Gasteiger charge is 2.26. The Morgan fingerprint density at radius 2 is 2.00 bits per heavy atom. The number of carbonyl (C=O) groups excluding carboxylic acids is 1. The van der Waals surface area contributed by atoms with Crippen molar-refractivity contribution in [2.24, 2.45) is 5.92 Å². The van der Waals surface area contributed by atoms with Crippen molar-refractivity contribution < 1.29 is 9.18 Å². The zero-order valence-corrected chi connectivity index (χ0v) is 15.2. The fraction of sp³-hybridized carbons (Fsp3) is 0.316. The standard InChI is InChI=1S/C19H20FN7O/c20-16-5-3-14(4-6-16)9-22-19(28)15-2-1-7-26(10-15)17-8-18(24-12-23-17)27-13-21-11-25-27/h3-6,8,11-13,15H,1-2,7,9-10H2,(H,22,28). The molecule has 1 aromatic carbocycles. The minimum absolute atomic E-state index is 0.000388. The highest BCUT2D eigenvalue weighted by atomic mass is 19.1. The van der Waals surface area contributed by atoms with Gasteiger partial charge in [-0.2, -0.15) is 5.10 Å². The number of halogens is 1. The van der Waals surface area contributed by atoms with Gasteiger partial charge in [-0.05, 0) is 30.5 Å². The number of anilines is 1. The molecule has 2 aromatic heterocycles. The molecule has 1 amide bonds. The molecule has 0 aliphatic carbocycles. The van der Waals surface area contributed by atoms with E-state index in [1.165, 1.54) is 24.8 Å². The largest absolute Gasteiger partial charge is 0.356 e. The van der Waals surface area contributed by atoms with Crippen molar-refractivity contribution in [1.82, 2.24) is 30.0 Å². The van der Waals surface area contributed by atoms with Gasteiger partial charge in [0, 0.05) is 25.7 Å². The number of piperidine rings is 1. The minimum Gasteiger partial charge on any atom is -0.356 e. The summed E-state index contributed by atoms with van der Waals surface area (Å²) >= 11 is 0. The summed E-state index contributed by atoms with van der Waals surface area (Å²) in [4.78, 5) is 27.2. The van der Waals surface area contributed by atoms with E-state index in [0.29, 0.717) is 18.9 Å². The lowest BCUT2D eigenvalue weighted by atomic mass is 9.97. The Balaban J connectivity index is 1.39. The summed E-state index contributed by atoms with van der Waals surface area (Å²) in [6.45, 7) is 1.80. The number of carbonyl (C=O) groups is 1. The van der Waals surface area contributed by atoms with E-state index < -0.39 is 0 Å². The lowest BCUT2D eigenvalue weighted by molar-refractivity contribution is -0.125. The van der Waals surface area contributed by atoms with Gasteiger partial charge in [-0.15, -0.1) is 0 Å². The van der Waals surface area contributed by atoms with E-state index >= 15 is 0 Å². The number of hydrogen-bond acceptors (Lipinski definition) is 6. The number of rotatable bonds is 5. The highest BCUT2D eigenvalue weighted by Crippen LogP contribution is 2.22. The Kier molecular flexibility index (Phi) is 5.22. The van der Waals surface area contributed by atoms with Crippen molar-refractivity contribution in [3.8, 4) is 5.82 Å². The maximum Gasteiger partial charge on any atom is 0.225 e. The number of hydrogen-bond donors (Lipinski definition) is 1. The van der Waals surface area contributed by atoms with E-state index in [1.807, 2.05) is 6.07 Å². The second kappa shape index (κ2) is 8.12. The van der Waals surface area contributed by atoms with Crippen LogP contribution < -0.4 is 10.2 Å². The number of amides is 1. The normalized spacial score (nSPS) is 16.8. The molecule has 4 rings (SSSR count). The Hall–Kier alpha value is -3.36. The SMILES string of the molecule is O=C(NCc1ccc(F)cc1)C1CCCN(c2cc(-n3cncn3)ncn2)C1. The third-order valence-electron chi connectivity index (χ3n) is 4.79. The van der Waals surface area contributed by atoms with Gasteiger partial charge in [-0.1, -0.05) is 12.1 Å². The third-order valence-corrected chi connectivity index (χ3v) is 4.79. The Morgan fingerprint density at radius 3 is 2.79 bits per heavy atom. The van der Waals surface area contributed by atoms with Crippen molar-refractivity contribution >= 4 is 11.7 Å². The van der Waals surface area contributed by atoms with Crippen molar-refractivity contribution in [1.29, 1.82) is 0 Å². The molecule has 0 radical (unpaired) electrons. The third kappa shape index (κ3) is 4.13. The summed E-state index contributed by atoms with van der Waals surface area (Å²) in [7, 11) is 0. The Morgan fingerprint density at radius 1 is 1.18 bits per heavy atom. The minimum atomic E-state index is -0.284. The van der Waals surface area contributed by atoms with Crippen LogP contribution in [0, 0.1) is 11.7 Å². The summed E-state index contributed by atoms with van der Waals surface area (Å²) in [5.41, 5.74) is 0.871. The van der Waals surface area contributed by atoms with Gasteiger partial charge in [0.15, 0.2) is 5.82 Å². The first kappa shape index (κ1) is 18.0. The summed E-state index contributed by atoms with van der Waals surface area (Å²) < 4.78 is 14.6. The summed E-state index contributed by atoms with van der Waals surface area (Å²) in [5.74, 6) is 0.980. The summed E-state index contributed by atoms with van der Waals surface area (Å²) in [6, 6.07) is 7.98. The monoisotopic (exact) mass is 381 g/mol.